The molecule has 0 fully saturated rings. The van der Waals surface area contributed by atoms with E-state index in [0.717, 1.165) is 11.1 Å². The number of rotatable bonds is 4. The SMILES string of the molecule is Cc1cc(C)c([C@@H](C)OC(=O)Cc2ccccc2)c(C)c1. The predicted octanol–water partition coefficient (Wildman–Crippen LogP) is 4.46. The van der Waals surface area contributed by atoms with Crippen molar-refractivity contribution in [2.45, 2.75) is 40.2 Å². The maximum absolute atomic E-state index is 12.1. The molecule has 0 unspecified atom stereocenters. The largest absolute Gasteiger partial charge is 0.458 e. The van der Waals surface area contributed by atoms with Gasteiger partial charge >= 0.3 is 5.97 Å². The summed E-state index contributed by atoms with van der Waals surface area (Å²) in [5.74, 6) is -0.187. The smallest absolute Gasteiger partial charge is 0.310 e. The molecule has 21 heavy (non-hydrogen) atoms. The summed E-state index contributed by atoms with van der Waals surface area (Å²) < 4.78 is 5.60. The number of aryl methyl sites for hydroxylation is 3. The summed E-state index contributed by atoms with van der Waals surface area (Å²) in [5.41, 5.74) is 5.67. The van der Waals surface area contributed by atoms with Gasteiger partial charge in [-0.05, 0) is 49.9 Å². The number of hydrogen-bond donors (Lipinski definition) is 0. The molecule has 0 saturated carbocycles. The molecule has 0 aliphatic heterocycles. The van der Waals surface area contributed by atoms with Crippen molar-refractivity contribution < 1.29 is 9.53 Å². The van der Waals surface area contributed by atoms with Crippen LogP contribution in [0.3, 0.4) is 0 Å². The molecule has 0 radical (unpaired) electrons. The van der Waals surface area contributed by atoms with Crippen molar-refractivity contribution in [2.75, 3.05) is 0 Å². The summed E-state index contributed by atoms with van der Waals surface area (Å²) in [5, 5.41) is 0. The van der Waals surface area contributed by atoms with Gasteiger partial charge < -0.3 is 4.74 Å². The number of carbonyl (C=O) groups is 1. The first kappa shape index (κ1) is 15.3. The Kier molecular flexibility index (Phi) is 4.79. The van der Waals surface area contributed by atoms with E-state index in [4.69, 9.17) is 4.74 Å². The fourth-order valence-corrected chi connectivity index (χ4v) is 2.89. The summed E-state index contributed by atoms with van der Waals surface area (Å²) in [6.07, 6.45) is 0.0941. The van der Waals surface area contributed by atoms with Crippen LogP contribution in [0.15, 0.2) is 42.5 Å². The van der Waals surface area contributed by atoms with Crippen molar-refractivity contribution in [1.82, 2.24) is 0 Å². The molecular formula is C19H22O2. The molecule has 0 spiro atoms. The Morgan fingerprint density at radius 3 is 2.19 bits per heavy atom. The number of ether oxygens (including phenoxy) is 1. The van der Waals surface area contributed by atoms with Crippen LogP contribution in [0.1, 0.15) is 40.8 Å². The molecule has 2 aromatic rings. The van der Waals surface area contributed by atoms with E-state index in [0.29, 0.717) is 6.42 Å². The van der Waals surface area contributed by atoms with Crippen molar-refractivity contribution in [1.29, 1.82) is 0 Å². The fraction of sp³-hybridized carbons (Fsp3) is 0.316. The first-order valence-electron chi connectivity index (χ1n) is 7.28. The zero-order valence-electron chi connectivity index (χ0n) is 13.1. The maximum Gasteiger partial charge on any atom is 0.310 e. The van der Waals surface area contributed by atoms with Crippen molar-refractivity contribution in [2.24, 2.45) is 0 Å². The van der Waals surface area contributed by atoms with E-state index in [1.54, 1.807) is 0 Å². The zero-order valence-corrected chi connectivity index (χ0v) is 13.1. The number of esters is 1. The van der Waals surface area contributed by atoms with Crippen LogP contribution in [0.25, 0.3) is 0 Å². The van der Waals surface area contributed by atoms with Crippen molar-refractivity contribution >= 4 is 5.97 Å². The van der Waals surface area contributed by atoms with Crippen LogP contribution < -0.4 is 0 Å². The molecule has 2 heteroatoms. The van der Waals surface area contributed by atoms with E-state index < -0.39 is 0 Å². The maximum atomic E-state index is 12.1. The lowest BCUT2D eigenvalue weighted by atomic mass is 9.96. The van der Waals surface area contributed by atoms with E-state index >= 15 is 0 Å². The Morgan fingerprint density at radius 1 is 1.05 bits per heavy atom. The normalized spacial score (nSPS) is 12.0. The van der Waals surface area contributed by atoms with E-state index in [1.165, 1.54) is 16.7 Å². The Bertz CT molecular complexity index is 606. The molecule has 0 aliphatic carbocycles. The van der Waals surface area contributed by atoms with Crippen LogP contribution in [0.4, 0.5) is 0 Å². The van der Waals surface area contributed by atoms with Gasteiger partial charge in [-0.3, -0.25) is 4.79 Å². The second-order valence-electron chi connectivity index (χ2n) is 5.61. The monoisotopic (exact) mass is 282 g/mol. The Labute approximate surface area is 126 Å². The van der Waals surface area contributed by atoms with Gasteiger partial charge in [0.25, 0.3) is 0 Å². The third-order valence-corrected chi connectivity index (χ3v) is 3.64. The molecule has 0 aromatic heterocycles. The molecule has 2 aromatic carbocycles. The highest BCUT2D eigenvalue weighted by atomic mass is 16.5. The predicted molar refractivity (Wildman–Crippen MR) is 85.3 cm³/mol. The summed E-state index contributed by atoms with van der Waals surface area (Å²) in [6.45, 7) is 8.15. The lowest BCUT2D eigenvalue weighted by Crippen LogP contribution is -2.13. The minimum Gasteiger partial charge on any atom is -0.458 e. The molecule has 0 amide bonds. The third-order valence-electron chi connectivity index (χ3n) is 3.64. The van der Waals surface area contributed by atoms with Gasteiger partial charge in [0, 0.05) is 0 Å². The second kappa shape index (κ2) is 6.57. The summed E-state index contributed by atoms with van der Waals surface area (Å²) in [4.78, 5) is 12.1. The molecule has 2 nitrogen and oxygen atoms in total. The average molecular weight is 282 g/mol. The fourth-order valence-electron chi connectivity index (χ4n) is 2.89. The molecule has 0 saturated heterocycles. The first-order valence-corrected chi connectivity index (χ1v) is 7.28. The van der Waals surface area contributed by atoms with Gasteiger partial charge in [0.1, 0.15) is 6.10 Å². The Hall–Kier alpha value is -2.09. The van der Waals surface area contributed by atoms with Crippen LogP contribution in [0, 0.1) is 20.8 Å². The van der Waals surface area contributed by atoms with Gasteiger partial charge in [0.15, 0.2) is 0 Å². The summed E-state index contributed by atoms with van der Waals surface area (Å²) >= 11 is 0. The summed E-state index contributed by atoms with van der Waals surface area (Å²) in [7, 11) is 0. The van der Waals surface area contributed by atoms with Crippen LogP contribution in [0.5, 0.6) is 0 Å². The van der Waals surface area contributed by atoms with Gasteiger partial charge in [0.05, 0.1) is 6.42 Å². The molecule has 110 valence electrons. The number of benzene rings is 2. The minimum atomic E-state index is -0.221. The lowest BCUT2D eigenvalue weighted by molar-refractivity contribution is -0.147. The third kappa shape index (κ3) is 3.94. The molecular weight excluding hydrogens is 260 g/mol. The van der Waals surface area contributed by atoms with Gasteiger partial charge in [-0.25, -0.2) is 0 Å². The molecule has 2 rings (SSSR count). The van der Waals surface area contributed by atoms with Crippen LogP contribution in [-0.2, 0) is 16.0 Å². The van der Waals surface area contributed by atoms with Crippen molar-refractivity contribution in [3.05, 3.63) is 70.3 Å². The van der Waals surface area contributed by atoms with Crippen molar-refractivity contribution in [3.8, 4) is 0 Å². The average Bonchev–Trinajstić information content (AvgIpc) is 2.38. The van der Waals surface area contributed by atoms with Crippen LogP contribution in [0.2, 0.25) is 0 Å². The lowest BCUT2D eigenvalue weighted by Gasteiger charge is -2.19. The Morgan fingerprint density at radius 2 is 1.62 bits per heavy atom. The van der Waals surface area contributed by atoms with E-state index in [2.05, 4.69) is 32.9 Å². The van der Waals surface area contributed by atoms with Crippen LogP contribution in [-0.4, -0.2) is 5.97 Å². The van der Waals surface area contributed by atoms with E-state index in [-0.39, 0.29) is 12.1 Å². The Balaban J connectivity index is 2.08. The highest BCUT2D eigenvalue weighted by molar-refractivity contribution is 5.73. The first-order chi connectivity index (χ1) is 9.97. The van der Waals surface area contributed by atoms with Gasteiger partial charge in [0.2, 0.25) is 0 Å². The minimum absolute atomic E-state index is 0.187. The topological polar surface area (TPSA) is 26.3 Å². The standard InChI is InChI=1S/C19H22O2/c1-13-10-14(2)19(15(3)11-13)16(4)21-18(20)12-17-8-6-5-7-9-17/h5-11,16H,12H2,1-4H3/t16-/m1/s1. The van der Waals surface area contributed by atoms with E-state index in [1.807, 2.05) is 37.3 Å². The highest BCUT2D eigenvalue weighted by Crippen LogP contribution is 2.26. The second-order valence-corrected chi connectivity index (χ2v) is 5.61. The van der Waals surface area contributed by atoms with Crippen LogP contribution >= 0.6 is 0 Å². The molecule has 0 aliphatic rings. The summed E-state index contributed by atoms with van der Waals surface area (Å²) in [6, 6.07) is 13.9. The number of hydrogen-bond acceptors (Lipinski definition) is 2. The zero-order chi connectivity index (χ0) is 15.4. The number of carbonyl (C=O) groups excluding carboxylic acids is 1. The van der Waals surface area contributed by atoms with Gasteiger partial charge in [-0.1, -0.05) is 48.0 Å². The highest BCUT2D eigenvalue weighted by Gasteiger charge is 2.16. The van der Waals surface area contributed by atoms with Gasteiger partial charge in [-0.15, -0.1) is 0 Å². The molecule has 1 atom stereocenters. The molecule has 0 heterocycles. The van der Waals surface area contributed by atoms with E-state index in [9.17, 15) is 4.79 Å². The molecule has 0 bridgehead atoms. The van der Waals surface area contributed by atoms with Crippen molar-refractivity contribution in [3.63, 3.8) is 0 Å². The van der Waals surface area contributed by atoms with Gasteiger partial charge in [-0.2, -0.15) is 0 Å². The molecule has 0 N–H and O–H groups in total. The quantitative estimate of drug-likeness (QED) is 0.774.